The fourth-order valence-corrected chi connectivity index (χ4v) is 3.03. The summed E-state index contributed by atoms with van der Waals surface area (Å²) in [5, 5.41) is 13.1. The topological polar surface area (TPSA) is 89.5 Å². The van der Waals surface area contributed by atoms with Gasteiger partial charge in [0.2, 0.25) is 0 Å². The van der Waals surface area contributed by atoms with Crippen LogP contribution in [0.25, 0.3) is 22.4 Å². The Morgan fingerprint density at radius 1 is 1.20 bits per heavy atom. The molecule has 0 unspecified atom stereocenters. The summed E-state index contributed by atoms with van der Waals surface area (Å²) in [6, 6.07) is 12.4. The van der Waals surface area contributed by atoms with Gasteiger partial charge < -0.3 is 19.6 Å². The second kappa shape index (κ2) is 7.22. The number of ether oxygens (including phenoxy) is 1. The normalized spacial score (nSPS) is 11.6. The van der Waals surface area contributed by atoms with Crippen LogP contribution in [-0.2, 0) is 4.74 Å². The minimum Gasteiger partial charge on any atom is -0.508 e. The summed E-state index contributed by atoms with van der Waals surface area (Å²) in [5.41, 5.74) is 0.730. The monoisotopic (exact) mass is 409 g/mol. The van der Waals surface area contributed by atoms with Crippen LogP contribution in [0.5, 0.6) is 5.75 Å². The van der Waals surface area contributed by atoms with Gasteiger partial charge in [0, 0.05) is 17.1 Å². The molecular formula is C22H20FN3O4. The van der Waals surface area contributed by atoms with Gasteiger partial charge in [-0.15, -0.1) is 0 Å². The number of aromatic nitrogens is 2. The fourth-order valence-electron chi connectivity index (χ4n) is 3.03. The van der Waals surface area contributed by atoms with E-state index in [1.165, 1.54) is 35.0 Å². The number of carbonyl (C=O) groups excluding carboxylic acids is 1. The molecule has 0 radical (unpaired) electrons. The van der Waals surface area contributed by atoms with Crippen molar-refractivity contribution >= 4 is 28.7 Å². The van der Waals surface area contributed by atoms with E-state index in [-0.39, 0.29) is 11.8 Å². The lowest BCUT2D eigenvalue weighted by Gasteiger charge is -2.20. The highest BCUT2D eigenvalue weighted by atomic mass is 19.1. The number of benzene rings is 2. The molecule has 8 heteroatoms. The van der Waals surface area contributed by atoms with Crippen molar-refractivity contribution in [2.24, 2.45) is 0 Å². The predicted octanol–water partition coefficient (Wildman–Crippen LogP) is 5.67. The molecule has 2 aromatic heterocycles. The molecule has 0 bridgehead atoms. The van der Waals surface area contributed by atoms with Crippen molar-refractivity contribution in [3.8, 4) is 17.2 Å². The molecule has 0 amide bonds. The van der Waals surface area contributed by atoms with Gasteiger partial charge in [-0.1, -0.05) is 6.07 Å². The van der Waals surface area contributed by atoms with Crippen LogP contribution in [0.2, 0.25) is 0 Å². The van der Waals surface area contributed by atoms with Gasteiger partial charge in [-0.3, -0.25) is 0 Å². The van der Waals surface area contributed by atoms with Crippen molar-refractivity contribution < 1.29 is 23.4 Å². The van der Waals surface area contributed by atoms with Crippen molar-refractivity contribution in [3.63, 3.8) is 0 Å². The zero-order valence-corrected chi connectivity index (χ0v) is 16.6. The molecule has 2 aromatic carbocycles. The molecule has 0 saturated carbocycles. The standard InChI is InChI=1S/C22H20FN3O4/c1-22(2,3)30-21(28)26-17-8-7-14(23)9-13(17)10-18(26)19-12-24-20(29-19)25-15-5-4-6-16(27)11-15/h4-12,27H,1-3H3,(H,24,25). The SMILES string of the molecule is CC(C)(C)OC(=O)n1c(-c2cnc(Nc3cccc(O)c3)o2)cc2cc(F)ccc21. The van der Waals surface area contributed by atoms with E-state index in [1.807, 2.05) is 0 Å². The van der Waals surface area contributed by atoms with Crippen LogP contribution in [0.4, 0.5) is 20.9 Å². The van der Waals surface area contributed by atoms with Crippen molar-refractivity contribution in [2.75, 3.05) is 5.32 Å². The van der Waals surface area contributed by atoms with Gasteiger partial charge in [0.25, 0.3) is 6.01 Å². The summed E-state index contributed by atoms with van der Waals surface area (Å²) in [7, 11) is 0. The lowest BCUT2D eigenvalue weighted by Crippen LogP contribution is -2.27. The molecule has 2 N–H and O–H groups in total. The third-order valence-electron chi connectivity index (χ3n) is 4.20. The predicted molar refractivity (Wildman–Crippen MR) is 110 cm³/mol. The molecule has 0 atom stereocenters. The Morgan fingerprint density at radius 2 is 2.00 bits per heavy atom. The van der Waals surface area contributed by atoms with Crippen LogP contribution in [-0.4, -0.2) is 26.4 Å². The van der Waals surface area contributed by atoms with Gasteiger partial charge in [0.1, 0.15) is 17.2 Å². The van der Waals surface area contributed by atoms with E-state index in [9.17, 15) is 14.3 Å². The summed E-state index contributed by atoms with van der Waals surface area (Å²) in [5.74, 6) is -0.0295. The molecule has 0 aliphatic rings. The van der Waals surface area contributed by atoms with Gasteiger partial charge in [-0.05, 0) is 57.2 Å². The average molecular weight is 409 g/mol. The van der Waals surface area contributed by atoms with Gasteiger partial charge in [-0.2, -0.15) is 0 Å². The average Bonchev–Trinajstić information content (AvgIpc) is 3.24. The number of hydrogen-bond donors (Lipinski definition) is 2. The molecule has 0 fully saturated rings. The number of carbonyl (C=O) groups is 1. The third kappa shape index (κ3) is 3.98. The van der Waals surface area contributed by atoms with Crippen LogP contribution >= 0.6 is 0 Å². The van der Waals surface area contributed by atoms with Crippen molar-refractivity contribution in [3.05, 3.63) is 60.5 Å². The van der Waals surface area contributed by atoms with E-state index in [1.54, 1.807) is 45.0 Å². The van der Waals surface area contributed by atoms with Gasteiger partial charge >= 0.3 is 6.09 Å². The Morgan fingerprint density at radius 3 is 2.73 bits per heavy atom. The maximum absolute atomic E-state index is 13.7. The first-order valence-corrected chi connectivity index (χ1v) is 9.26. The fraction of sp³-hybridized carbons (Fsp3) is 0.182. The number of nitrogens with one attached hydrogen (secondary N) is 1. The number of aromatic hydroxyl groups is 1. The van der Waals surface area contributed by atoms with Crippen LogP contribution in [0.1, 0.15) is 20.8 Å². The Kier molecular flexibility index (Phi) is 4.69. The van der Waals surface area contributed by atoms with E-state index in [0.717, 1.165) is 0 Å². The Hall–Kier alpha value is -3.81. The van der Waals surface area contributed by atoms with E-state index in [0.29, 0.717) is 28.0 Å². The number of hydrogen-bond acceptors (Lipinski definition) is 6. The lowest BCUT2D eigenvalue weighted by molar-refractivity contribution is 0.0546. The minimum absolute atomic E-state index is 0.0962. The summed E-state index contributed by atoms with van der Waals surface area (Å²) in [4.78, 5) is 17.1. The zero-order chi connectivity index (χ0) is 21.5. The molecule has 7 nitrogen and oxygen atoms in total. The first kappa shape index (κ1) is 19.5. The molecule has 4 rings (SSSR count). The zero-order valence-electron chi connectivity index (χ0n) is 16.6. The van der Waals surface area contributed by atoms with Crippen LogP contribution < -0.4 is 5.32 Å². The number of anilines is 2. The molecule has 0 spiro atoms. The molecular weight excluding hydrogens is 389 g/mol. The number of phenols is 1. The molecule has 0 aliphatic carbocycles. The van der Waals surface area contributed by atoms with E-state index in [4.69, 9.17) is 9.15 Å². The largest absolute Gasteiger partial charge is 0.508 e. The minimum atomic E-state index is -0.714. The van der Waals surface area contributed by atoms with Crippen molar-refractivity contribution in [1.29, 1.82) is 0 Å². The first-order valence-electron chi connectivity index (χ1n) is 9.26. The number of phenolic OH excluding ortho intramolecular Hbond substituents is 1. The Labute approximate surface area is 171 Å². The highest BCUT2D eigenvalue weighted by molar-refractivity contribution is 5.95. The number of fused-ring (bicyclic) bond motifs is 1. The Balaban J connectivity index is 1.76. The summed E-state index contributed by atoms with van der Waals surface area (Å²) in [6.45, 7) is 5.30. The van der Waals surface area contributed by atoms with Crippen LogP contribution in [0.3, 0.4) is 0 Å². The maximum atomic E-state index is 13.7. The lowest BCUT2D eigenvalue weighted by atomic mass is 10.2. The van der Waals surface area contributed by atoms with Crippen molar-refractivity contribution in [1.82, 2.24) is 9.55 Å². The second-order valence-electron chi connectivity index (χ2n) is 7.75. The number of oxazole rings is 1. The number of halogens is 1. The number of nitrogens with zero attached hydrogens (tertiary/aromatic N) is 2. The summed E-state index contributed by atoms with van der Waals surface area (Å²) >= 11 is 0. The van der Waals surface area contributed by atoms with E-state index in [2.05, 4.69) is 10.3 Å². The smallest absolute Gasteiger partial charge is 0.419 e. The molecule has 4 aromatic rings. The molecule has 30 heavy (non-hydrogen) atoms. The van der Waals surface area contributed by atoms with E-state index < -0.39 is 17.5 Å². The maximum Gasteiger partial charge on any atom is 0.419 e. The van der Waals surface area contributed by atoms with E-state index >= 15 is 0 Å². The summed E-state index contributed by atoms with van der Waals surface area (Å²) in [6.07, 6.45) is 0.842. The quantitative estimate of drug-likeness (QED) is 0.453. The van der Waals surface area contributed by atoms with Gasteiger partial charge in [0.15, 0.2) is 5.76 Å². The highest BCUT2D eigenvalue weighted by Gasteiger charge is 2.24. The Bertz CT molecular complexity index is 1240. The van der Waals surface area contributed by atoms with Gasteiger partial charge in [-0.25, -0.2) is 18.7 Å². The molecule has 2 heterocycles. The molecule has 0 saturated heterocycles. The van der Waals surface area contributed by atoms with Crippen LogP contribution in [0, 0.1) is 5.82 Å². The van der Waals surface area contributed by atoms with Crippen molar-refractivity contribution in [2.45, 2.75) is 26.4 Å². The second-order valence-corrected chi connectivity index (χ2v) is 7.75. The third-order valence-corrected chi connectivity index (χ3v) is 4.20. The van der Waals surface area contributed by atoms with Crippen LogP contribution in [0.15, 0.2) is 59.1 Å². The highest BCUT2D eigenvalue weighted by Crippen LogP contribution is 2.32. The molecule has 154 valence electrons. The summed E-state index contributed by atoms with van der Waals surface area (Å²) < 4.78 is 26.4. The number of rotatable bonds is 3. The molecule has 0 aliphatic heterocycles. The first-order chi connectivity index (χ1) is 14.2. The van der Waals surface area contributed by atoms with Gasteiger partial charge in [0.05, 0.1) is 17.4 Å².